The summed E-state index contributed by atoms with van der Waals surface area (Å²) in [6, 6.07) is 14.1. The quantitative estimate of drug-likeness (QED) is 0.804. The second-order valence-corrected chi connectivity index (χ2v) is 4.75. The molecule has 0 amide bonds. The lowest BCUT2D eigenvalue weighted by molar-refractivity contribution is 1.41. The molecule has 0 unspecified atom stereocenters. The predicted octanol–water partition coefficient (Wildman–Crippen LogP) is 4.28. The zero-order chi connectivity index (χ0) is 11.5. The zero-order valence-corrected chi connectivity index (χ0v) is 10.5. The monoisotopic (exact) mass is 249 g/mol. The van der Waals surface area contributed by atoms with E-state index in [0.717, 1.165) is 21.0 Å². The molecule has 1 nitrogen and oxygen atoms in total. The van der Waals surface area contributed by atoms with Crippen LogP contribution in [0.2, 0.25) is 5.02 Å². The lowest BCUT2D eigenvalue weighted by Gasteiger charge is -2.07. The highest BCUT2D eigenvalue weighted by Gasteiger charge is 2.03. The van der Waals surface area contributed by atoms with E-state index in [1.54, 1.807) is 0 Å². The van der Waals surface area contributed by atoms with Gasteiger partial charge in [-0.05, 0) is 59.8 Å². The molecular weight excluding hydrogens is 238 g/mol. The second kappa shape index (κ2) is 4.91. The largest absolute Gasteiger partial charge is 0.274 e. The van der Waals surface area contributed by atoms with Crippen LogP contribution in [0.4, 0.5) is 0 Å². The summed E-state index contributed by atoms with van der Waals surface area (Å²) in [4.78, 5) is 1.05. The SMILES string of the molecule is Cc1ccc(Cl)cc1-c1cccc(SN)c1. The molecule has 0 aromatic heterocycles. The van der Waals surface area contributed by atoms with Gasteiger partial charge < -0.3 is 0 Å². The first-order valence-electron chi connectivity index (χ1n) is 4.94. The lowest BCUT2D eigenvalue weighted by Crippen LogP contribution is -1.85. The van der Waals surface area contributed by atoms with Crippen LogP contribution in [0, 0.1) is 6.92 Å². The third-order valence-corrected chi connectivity index (χ3v) is 3.24. The van der Waals surface area contributed by atoms with Crippen LogP contribution in [0.15, 0.2) is 47.4 Å². The molecule has 0 saturated carbocycles. The third kappa shape index (κ3) is 2.40. The van der Waals surface area contributed by atoms with Crippen molar-refractivity contribution in [3.8, 4) is 11.1 Å². The molecule has 0 radical (unpaired) electrons. The summed E-state index contributed by atoms with van der Waals surface area (Å²) in [5, 5.41) is 6.31. The Labute approximate surface area is 105 Å². The molecule has 0 aliphatic rings. The van der Waals surface area contributed by atoms with Crippen molar-refractivity contribution >= 4 is 23.5 Å². The Bertz CT molecular complexity index is 511. The average molecular weight is 250 g/mol. The van der Waals surface area contributed by atoms with E-state index in [-0.39, 0.29) is 0 Å². The van der Waals surface area contributed by atoms with Crippen molar-refractivity contribution in [1.29, 1.82) is 0 Å². The molecule has 2 aromatic rings. The molecule has 82 valence electrons. The molecule has 0 saturated heterocycles. The number of aryl methyl sites for hydroxylation is 1. The summed E-state index contributed by atoms with van der Waals surface area (Å²) in [6.07, 6.45) is 0. The Balaban J connectivity index is 2.53. The molecule has 0 fully saturated rings. The van der Waals surface area contributed by atoms with Crippen LogP contribution in [0.3, 0.4) is 0 Å². The first kappa shape index (κ1) is 11.5. The summed E-state index contributed by atoms with van der Waals surface area (Å²) >= 11 is 7.27. The van der Waals surface area contributed by atoms with Gasteiger partial charge in [0, 0.05) is 9.92 Å². The van der Waals surface area contributed by atoms with Crippen molar-refractivity contribution in [2.75, 3.05) is 0 Å². The van der Waals surface area contributed by atoms with E-state index >= 15 is 0 Å². The van der Waals surface area contributed by atoms with Crippen LogP contribution < -0.4 is 5.14 Å². The number of nitrogens with two attached hydrogens (primary N) is 1. The van der Waals surface area contributed by atoms with Gasteiger partial charge in [-0.3, -0.25) is 5.14 Å². The summed E-state index contributed by atoms with van der Waals surface area (Å²) in [6.45, 7) is 2.08. The van der Waals surface area contributed by atoms with Gasteiger partial charge in [0.1, 0.15) is 0 Å². The average Bonchev–Trinajstić information content (AvgIpc) is 2.32. The molecular formula is C13H12ClNS. The van der Waals surface area contributed by atoms with Crippen LogP contribution in [0.25, 0.3) is 11.1 Å². The van der Waals surface area contributed by atoms with Gasteiger partial charge in [0.25, 0.3) is 0 Å². The Morgan fingerprint density at radius 3 is 2.69 bits per heavy atom. The Morgan fingerprint density at radius 2 is 1.94 bits per heavy atom. The van der Waals surface area contributed by atoms with Crippen molar-refractivity contribution in [2.24, 2.45) is 5.14 Å². The smallest absolute Gasteiger partial charge is 0.0412 e. The predicted molar refractivity (Wildman–Crippen MR) is 71.7 cm³/mol. The Morgan fingerprint density at radius 1 is 1.12 bits per heavy atom. The lowest BCUT2D eigenvalue weighted by atomic mass is 10.0. The van der Waals surface area contributed by atoms with Crippen molar-refractivity contribution in [2.45, 2.75) is 11.8 Å². The third-order valence-electron chi connectivity index (χ3n) is 2.48. The van der Waals surface area contributed by atoms with E-state index in [9.17, 15) is 0 Å². The maximum Gasteiger partial charge on any atom is 0.0412 e. The van der Waals surface area contributed by atoms with E-state index in [1.807, 2.05) is 30.3 Å². The molecule has 3 heteroatoms. The van der Waals surface area contributed by atoms with Gasteiger partial charge in [0.2, 0.25) is 0 Å². The maximum atomic E-state index is 6.01. The van der Waals surface area contributed by atoms with Crippen LogP contribution >= 0.6 is 23.5 Å². The first-order chi connectivity index (χ1) is 7.70. The summed E-state index contributed by atoms with van der Waals surface area (Å²) in [7, 11) is 0. The minimum absolute atomic E-state index is 0.756. The summed E-state index contributed by atoms with van der Waals surface area (Å²) in [5.41, 5.74) is 3.52. The second-order valence-electron chi connectivity index (χ2n) is 3.60. The highest BCUT2D eigenvalue weighted by Crippen LogP contribution is 2.28. The first-order valence-corrected chi connectivity index (χ1v) is 6.20. The topological polar surface area (TPSA) is 26.0 Å². The number of benzene rings is 2. The molecule has 2 N–H and O–H groups in total. The van der Waals surface area contributed by atoms with Gasteiger partial charge in [-0.2, -0.15) is 0 Å². The highest BCUT2D eigenvalue weighted by atomic mass is 35.5. The Hall–Kier alpha value is -0.960. The molecule has 0 heterocycles. The van der Waals surface area contributed by atoms with Gasteiger partial charge in [-0.25, -0.2) is 0 Å². The van der Waals surface area contributed by atoms with Gasteiger partial charge >= 0.3 is 0 Å². The fourth-order valence-electron chi connectivity index (χ4n) is 1.64. The van der Waals surface area contributed by atoms with Crippen LogP contribution in [-0.2, 0) is 0 Å². The fraction of sp³-hybridized carbons (Fsp3) is 0.0769. The normalized spacial score (nSPS) is 10.4. The van der Waals surface area contributed by atoms with Gasteiger partial charge in [0.15, 0.2) is 0 Å². The molecule has 0 aliphatic heterocycles. The van der Waals surface area contributed by atoms with Crippen molar-refractivity contribution in [1.82, 2.24) is 0 Å². The van der Waals surface area contributed by atoms with Gasteiger partial charge in [-0.15, -0.1) is 0 Å². The summed E-state index contributed by atoms with van der Waals surface area (Å²) < 4.78 is 0. The fourth-order valence-corrected chi connectivity index (χ4v) is 2.17. The molecule has 0 bridgehead atoms. The van der Waals surface area contributed by atoms with E-state index in [1.165, 1.54) is 17.5 Å². The molecule has 0 atom stereocenters. The molecule has 2 aromatic carbocycles. The van der Waals surface area contributed by atoms with Gasteiger partial charge in [-0.1, -0.05) is 29.8 Å². The van der Waals surface area contributed by atoms with Crippen LogP contribution in [0.1, 0.15) is 5.56 Å². The van der Waals surface area contributed by atoms with Crippen molar-refractivity contribution in [3.63, 3.8) is 0 Å². The maximum absolute atomic E-state index is 6.01. The van der Waals surface area contributed by atoms with Crippen LogP contribution in [-0.4, -0.2) is 0 Å². The number of hydrogen-bond donors (Lipinski definition) is 1. The van der Waals surface area contributed by atoms with E-state index in [2.05, 4.69) is 19.1 Å². The number of rotatable bonds is 2. The van der Waals surface area contributed by atoms with Gasteiger partial charge in [0.05, 0.1) is 0 Å². The summed E-state index contributed by atoms with van der Waals surface area (Å²) in [5.74, 6) is 0. The van der Waals surface area contributed by atoms with Crippen molar-refractivity contribution in [3.05, 3.63) is 53.1 Å². The van der Waals surface area contributed by atoms with E-state index in [4.69, 9.17) is 16.7 Å². The zero-order valence-electron chi connectivity index (χ0n) is 8.91. The molecule has 0 spiro atoms. The van der Waals surface area contributed by atoms with E-state index < -0.39 is 0 Å². The standard InChI is InChI=1S/C13H12ClNS/c1-9-5-6-11(14)8-13(9)10-3-2-4-12(7-10)16-15/h2-8H,15H2,1H3. The van der Waals surface area contributed by atoms with Crippen molar-refractivity contribution < 1.29 is 0 Å². The number of hydrogen-bond acceptors (Lipinski definition) is 2. The Kier molecular flexibility index (Phi) is 3.54. The minimum atomic E-state index is 0.756. The molecule has 2 rings (SSSR count). The molecule has 16 heavy (non-hydrogen) atoms. The number of halogens is 1. The highest BCUT2D eigenvalue weighted by molar-refractivity contribution is 7.97. The molecule has 0 aliphatic carbocycles. The van der Waals surface area contributed by atoms with Crippen LogP contribution in [0.5, 0.6) is 0 Å². The minimum Gasteiger partial charge on any atom is -0.274 e. The van der Waals surface area contributed by atoms with E-state index in [0.29, 0.717) is 0 Å².